The number of hydrazone groups is 1. The van der Waals surface area contributed by atoms with E-state index >= 15 is 0 Å². The van der Waals surface area contributed by atoms with Crippen LogP contribution in [0.5, 0.6) is 11.5 Å². The second-order valence-corrected chi connectivity index (χ2v) is 6.14. The molecule has 0 fully saturated rings. The van der Waals surface area contributed by atoms with Gasteiger partial charge in [-0.3, -0.25) is 5.43 Å². The van der Waals surface area contributed by atoms with E-state index in [1.807, 2.05) is 24.3 Å². The zero-order valence-corrected chi connectivity index (χ0v) is 14.6. The van der Waals surface area contributed by atoms with Gasteiger partial charge in [-0.05, 0) is 24.3 Å². The molecule has 3 aromatic rings. The molecule has 0 radical (unpaired) electrons. The van der Waals surface area contributed by atoms with Crippen molar-refractivity contribution in [3.8, 4) is 23.6 Å². The van der Waals surface area contributed by atoms with Gasteiger partial charge < -0.3 is 9.47 Å². The number of methoxy groups -OCH3 is 1. The number of nitrogens with zero attached hydrogens (tertiary/aromatic N) is 4. The van der Waals surface area contributed by atoms with E-state index in [0.717, 1.165) is 15.2 Å². The van der Waals surface area contributed by atoms with E-state index in [4.69, 9.17) is 20.0 Å². The molecular formula is C18H13N5O2S. The van der Waals surface area contributed by atoms with Crippen molar-refractivity contribution in [3.05, 3.63) is 47.5 Å². The molecule has 1 aromatic heterocycles. The first-order valence-corrected chi connectivity index (χ1v) is 8.34. The van der Waals surface area contributed by atoms with E-state index in [0.29, 0.717) is 23.8 Å². The third kappa shape index (κ3) is 3.89. The SMILES string of the molecule is COc1cc(NN=C(C#N)C#N)ccc1OCc1nc2ccccc2s1. The third-order valence-corrected chi connectivity index (χ3v) is 4.37. The standard InChI is InChI=1S/C18H13N5O2S/c1-24-16-8-12(22-23-13(9-19)10-20)6-7-15(16)25-11-18-21-14-4-2-3-5-17(14)26-18/h2-8,22H,11H2,1H3. The number of benzene rings is 2. The maximum absolute atomic E-state index is 8.69. The highest BCUT2D eigenvalue weighted by atomic mass is 32.1. The molecule has 0 saturated carbocycles. The number of para-hydroxylation sites is 1. The number of fused-ring (bicyclic) bond motifs is 1. The molecule has 26 heavy (non-hydrogen) atoms. The summed E-state index contributed by atoms with van der Waals surface area (Å²) in [6, 6.07) is 16.4. The number of hydrogen-bond donors (Lipinski definition) is 1. The molecule has 0 aliphatic heterocycles. The summed E-state index contributed by atoms with van der Waals surface area (Å²) < 4.78 is 12.3. The number of nitrogens with one attached hydrogen (secondary N) is 1. The van der Waals surface area contributed by atoms with E-state index in [9.17, 15) is 0 Å². The molecule has 8 heteroatoms. The van der Waals surface area contributed by atoms with Gasteiger partial charge >= 0.3 is 0 Å². The Morgan fingerprint density at radius 2 is 2.00 bits per heavy atom. The molecule has 0 unspecified atom stereocenters. The van der Waals surface area contributed by atoms with Gasteiger partial charge in [0, 0.05) is 6.07 Å². The van der Waals surface area contributed by atoms with Crippen molar-refractivity contribution in [2.24, 2.45) is 5.10 Å². The van der Waals surface area contributed by atoms with Crippen LogP contribution in [-0.2, 0) is 6.61 Å². The molecule has 3 rings (SSSR count). The number of ether oxygens (including phenoxy) is 2. The van der Waals surface area contributed by atoms with E-state index in [1.54, 1.807) is 41.7 Å². The van der Waals surface area contributed by atoms with Crippen molar-refractivity contribution in [2.75, 3.05) is 12.5 Å². The molecule has 2 aromatic carbocycles. The van der Waals surface area contributed by atoms with Crippen LogP contribution < -0.4 is 14.9 Å². The fraction of sp³-hybridized carbons (Fsp3) is 0.111. The molecule has 1 heterocycles. The van der Waals surface area contributed by atoms with Crippen LogP contribution in [0.1, 0.15) is 5.01 Å². The molecule has 0 saturated heterocycles. The lowest BCUT2D eigenvalue weighted by molar-refractivity contribution is 0.284. The normalized spacial score (nSPS) is 9.81. The highest BCUT2D eigenvalue weighted by Crippen LogP contribution is 2.31. The van der Waals surface area contributed by atoms with Crippen LogP contribution in [0.2, 0.25) is 0 Å². The van der Waals surface area contributed by atoms with Gasteiger partial charge in [0.1, 0.15) is 23.8 Å². The Kier molecular flexibility index (Phi) is 5.28. The number of hydrogen-bond acceptors (Lipinski definition) is 8. The van der Waals surface area contributed by atoms with Gasteiger partial charge in [0.05, 0.1) is 23.0 Å². The van der Waals surface area contributed by atoms with Crippen LogP contribution in [0.25, 0.3) is 10.2 Å². The number of aromatic nitrogens is 1. The van der Waals surface area contributed by atoms with E-state index in [1.165, 1.54) is 7.11 Å². The van der Waals surface area contributed by atoms with Gasteiger partial charge in [-0.2, -0.15) is 15.6 Å². The predicted molar refractivity (Wildman–Crippen MR) is 99.2 cm³/mol. The topological polar surface area (TPSA) is 103 Å². The highest BCUT2D eigenvalue weighted by molar-refractivity contribution is 7.18. The van der Waals surface area contributed by atoms with Gasteiger partial charge in [-0.15, -0.1) is 11.3 Å². The van der Waals surface area contributed by atoms with Crippen molar-refractivity contribution in [1.29, 1.82) is 10.5 Å². The summed E-state index contributed by atoms with van der Waals surface area (Å²) >= 11 is 1.58. The van der Waals surface area contributed by atoms with Crippen molar-refractivity contribution in [2.45, 2.75) is 6.61 Å². The minimum Gasteiger partial charge on any atom is -0.493 e. The second-order valence-electron chi connectivity index (χ2n) is 5.03. The first-order chi connectivity index (χ1) is 12.7. The lowest BCUT2D eigenvalue weighted by Gasteiger charge is -2.11. The summed E-state index contributed by atoms with van der Waals surface area (Å²) in [5.74, 6) is 1.06. The van der Waals surface area contributed by atoms with Crippen molar-refractivity contribution in [3.63, 3.8) is 0 Å². The lowest BCUT2D eigenvalue weighted by Crippen LogP contribution is -1.99. The maximum atomic E-state index is 8.69. The zero-order chi connectivity index (χ0) is 18.4. The lowest BCUT2D eigenvalue weighted by atomic mass is 10.3. The number of thiazole rings is 1. The molecule has 0 aliphatic rings. The van der Waals surface area contributed by atoms with Crippen molar-refractivity contribution >= 4 is 33.0 Å². The highest BCUT2D eigenvalue weighted by Gasteiger charge is 2.09. The zero-order valence-electron chi connectivity index (χ0n) is 13.8. The van der Waals surface area contributed by atoms with Crippen LogP contribution in [0.15, 0.2) is 47.6 Å². The van der Waals surface area contributed by atoms with Gasteiger partial charge in [0.15, 0.2) is 11.5 Å². The van der Waals surface area contributed by atoms with Crippen LogP contribution >= 0.6 is 11.3 Å². The Balaban J connectivity index is 1.72. The molecule has 0 atom stereocenters. The Morgan fingerprint density at radius 1 is 1.19 bits per heavy atom. The second kappa shape index (κ2) is 7.97. The summed E-state index contributed by atoms with van der Waals surface area (Å²) in [4.78, 5) is 4.53. The molecule has 0 aliphatic carbocycles. The molecule has 0 amide bonds. The third-order valence-electron chi connectivity index (χ3n) is 3.36. The van der Waals surface area contributed by atoms with Crippen molar-refractivity contribution < 1.29 is 9.47 Å². The van der Waals surface area contributed by atoms with Gasteiger partial charge in [-0.25, -0.2) is 4.98 Å². The van der Waals surface area contributed by atoms with Crippen LogP contribution in [-0.4, -0.2) is 17.8 Å². The Labute approximate surface area is 153 Å². The number of anilines is 1. The molecule has 0 bridgehead atoms. The molecule has 1 N–H and O–H groups in total. The molecule has 128 valence electrons. The summed E-state index contributed by atoms with van der Waals surface area (Å²) in [7, 11) is 1.53. The summed E-state index contributed by atoms with van der Waals surface area (Å²) in [6.07, 6.45) is 0. The number of rotatable bonds is 6. The minimum absolute atomic E-state index is 0.264. The van der Waals surface area contributed by atoms with E-state index in [2.05, 4.69) is 15.5 Å². The molecule has 7 nitrogen and oxygen atoms in total. The fourth-order valence-corrected chi connectivity index (χ4v) is 3.05. The first kappa shape index (κ1) is 17.2. The average Bonchev–Trinajstić information content (AvgIpc) is 3.10. The molecular weight excluding hydrogens is 350 g/mol. The van der Waals surface area contributed by atoms with Crippen LogP contribution in [0, 0.1) is 22.7 Å². The smallest absolute Gasteiger partial charge is 0.237 e. The Hall–Kier alpha value is -3.62. The summed E-state index contributed by atoms with van der Waals surface area (Å²) in [6.45, 7) is 0.327. The van der Waals surface area contributed by atoms with Gasteiger partial charge in [0.2, 0.25) is 5.71 Å². The Bertz CT molecular complexity index is 997. The monoisotopic (exact) mass is 363 g/mol. The average molecular weight is 363 g/mol. The van der Waals surface area contributed by atoms with E-state index in [-0.39, 0.29) is 5.71 Å². The largest absolute Gasteiger partial charge is 0.493 e. The summed E-state index contributed by atoms with van der Waals surface area (Å²) in [5.41, 5.74) is 3.89. The van der Waals surface area contributed by atoms with Crippen LogP contribution in [0.4, 0.5) is 5.69 Å². The Morgan fingerprint density at radius 3 is 2.73 bits per heavy atom. The fourth-order valence-electron chi connectivity index (χ4n) is 2.17. The summed E-state index contributed by atoms with van der Waals surface area (Å²) in [5, 5.41) is 21.9. The minimum atomic E-state index is -0.264. The van der Waals surface area contributed by atoms with Gasteiger partial charge in [0.25, 0.3) is 0 Å². The maximum Gasteiger partial charge on any atom is 0.237 e. The number of nitriles is 2. The van der Waals surface area contributed by atoms with Crippen LogP contribution in [0.3, 0.4) is 0 Å². The molecule has 0 spiro atoms. The quantitative estimate of drug-likeness (QED) is 0.529. The van der Waals surface area contributed by atoms with E-state index < -0.39 is 0 Å². The first-order valence-electron chi connectivity index (χ1n) is 7.52. The predicted octanol–water partition coefficient (Wildman–Crippen LogP) is 3.70. The van der Waals surface area contributed by atoms with Crippen molar-refractivity contribution in [1.82, 2.24) is 4.98 Å². The van der Waals surface area contributed by atoms with Gasteiger partial charge in [-0.1, -0.05) is 12.1 Å².